The van der Waals surface area contributed by atoms with Gasteiger partial charge >= 0.3 is 5.97 Å². The minimum atomic E-state index is -0.118. The first-order chi connectivity index (χ1) is 12.1. The molecule has 0 amide bonds. The maximum absolute atomic E-state index is 12.2. The predicted octanol–water partition coefficient (Wildman–Crippen LogP) is 5.67. The Morgan fingerprint density at radius 1 is 1.12 bits per heavy atom. The Balaban J connectivity index is 1.76. The van der Waals surface area contributed by atoms with E-state index in [-0.39, 0.29) is 11.9 Å². The van der Waals surface area contributed by atoms with Crippen molar-refractivity contribution in [3.63, 3.8) is 0 Å². The molecule has 1 unspecified atom stereocenters. The Kier molecular flexibility index (Phi) is 8.36. The fraction of sp³-hybridized carbons (Fsp3) is 0.762. The average Bonchev–Trinajstić information content (AvgIpc) is 2.62. The van der Waals surface area contributed by atoms with Crippen LogP contribution in [-0.2, 0) is 4.79 Å². The van der Waals surface area contributed by atoms with Crippen LogP contribution in [0.15, 0.2) is 12.4 Å². The zero-order chi connectivity index (χ0) is 18.1. The van der Waals surface area contributed by atoms with Crippen LogP contribution in [-0.4, -0.2) is 15.9 Å². The van der Waals surface area contributed by atoms with Gasteiger partial charge in [-0.05, 0) is 38.0 Å². The Morgan fingerprint density at radius 3 is 2.40 bits per heavy atom. The van der Waals surface area contributed by atoms with Crippen molar-refractivity contribution in [1.29, 1.82) is 0 Å². The van der Waals surface area contributed by atoms with E-state index >= 15 is 0 Å². The number of rotatable bonds is 9. The lowest BCUT2D eigenvalue weighted by molar-refractivity contribution is -0.140. The maximum atomic E-state index is 12.2. The van der Waals surface area contributed by atoms with Crippen molar-refractivity contribution < 1.29 is 9.53 Å². The number of unbranched alkanes of at least 4 members (excludes halogenated alkanes) is 4. The van der Waals surface area contributed by atoms with Gasteiger partial charge in [-0.15, -0.1) is 0 Å². The van der Waals surface area contributed by atoms with Crippen LogP contribution in [0.3, 0.4) is 0 Å². The second-order valence-corrected chi connectivity index (χ2v) is 7.76. The normalized spacial score (nSPS) is 21.7. The molecule has 4 nitrogen and oxygen atoms in total. The van der Waals surface area contributed by atoms with Crippen LogP contribution in [0.25, 0.3) is 0 Å². The molecule has 0 radical (unpaired) electrons. The number of aromatic nitrogens is 2. The first-order valence-corrected chi connectivity index (χ1v) is 10.1. The molecule has 1 atom stereocenters. The third-order valence-corrected chi connectivity index (χ3v) is 5.40. The SMILES string of the molecule is CCCCCCCC(C)c1ncc(OC(=O)C2CCC(C)CC2)cn1. The Hall–Kier alpha value is -1.45. The molecule has 1 heterocycles. The lowest BCUT2D eigenvalue weighted by Crippen LogP contribution is -2.25. The molecule has 2 rings (SSSR count). The van der Waals surface area contributed by atoms with Crippen LogP contribution in [0, 0.1) is 11.8 Å². The first-order valence-electron chi connectivity index (χ1n) is 10.1. The number of ether oxygens (including phenoxy) is 1. The molecule has 25 heavy (non-hydrogen) atoms. The summed E-state index contributed by atoms with van der Waals surface area (Å²) in [6.07, 6.45) is 15.0. The molecule has 1 aromatic rings. The van der Waals surface area contributed by atoms with Crippen molar-refractivity contribution in [3.8, 4) is 5.75 Å². The first kappa shape index (κ1) is 19.9. The second kappa shape index (κ2) is 10.5. The van der Waals surface area contributed by atoms with Gasteiger partial charge in [0.15, 0.2) is 5.75 Å². The van der Waals surface area contributed by atoms with E-state index in [9.17, 15) is 4.79 Å². The summed E-state index contributed by atoms with van der Waals surface area (Å²) in [5.74, 6) is 2.33. The number of hydrogen-bond donors (Lipinski definition) is 0. The summed E-state index contributed by atoms with van der Waals surface area (Å²) < 4.78 is 5.49. The highest BCUT2D eigenvalue weighted by molar-refractivity contribution is 5.75. The highest BCUT2D eigenvalue weighted by Gasteiger charge is 2.26. The molecule has 140 valence electrons. The van der Waals surface area contributed by atoms with Gasteiger partial charge in [0.1, 0.15) is 5.82 Å². The molecule has 1 aliphatic carbocycles. The van der Waals surface area contributed by atoms with Crippen LogP contribution >= 0.6 is 0 Å². The average molecular weight is 347 g/mol. The Morgan fingerprint density at radius 2 is 1.76 bits per heavy atom. The molecule has 0 aliphatic heterocycles. The van der Waals surface area contributed by atoms with E-state index in [0.717, 1.165) is 43.8 Å². The van der Waals surface area contributed by atoms with Gasteiger partial charge in [-0.1, -0.05) is 52.9 Å². The maximum Gasteiger partial charge on any atom is 0.314 e. The highest BCUT2D eigenvalue weighted by atomic mass is 16.5. The lowest BCUT2D eigenvalue weighted by atomic mass is 9.83. The predicted molar refractivity (Wildman–Crippen MR) is 101 cm³/mol. The third kappa shape index (κ3) is 6.75. The molecule has 0 saturated heterocycles. The molecule has 4 heteroatoms. The molecule has 0 N–H and O–H groups in total. The van der Waals surface area contributed by atoms with E-state index in [2.05, 4.69) is 30.7 Å². The minimum Gasteiger partial charge on any atom is -0.423 e. The summed E-state index contributed by atoms with van der Waals surface area (Å²) in [5.41, 5.74) is 0. The van der Waals surface area contributed by atoms with Crippen molar-refractivity contribution in [2.45, 2.75) is 90.9 Å². The van der Waals surface area contributed by atoms with Crippen LogP contribution in [0.4, 0.5) is 0 Å². The van der Waals surface area contributed by atoms with Crippen molar-refractivity contribution in [3.05, 3.63) is 18.2 Å². The third-order valence-electron chi connectivity index (χ3n) is 5.40. The minimum absolute atomic E-state index is 0.0397. The standard InChI is InChI=1S/C21H34N2O2/c1-4-5-6-7-8-9-17(3)20-22-14-19(15-23-20)25-21(24)18-12-10-16(2)11-13-18/h14-18H,4-13H2,1-3H3. The van der Waals surface area contributed by atoms with E-state index in [1.165, 1.54) is 32.1 Å². The molecule has 1 saturated carbocycles. The van der Waals surface area contributed by atoms with Crippen LogP contribution in [0.2, 0.25) is 0 Å². The fourth-order valence-corrected chi connectivity index (χ4v) is 3.51. The summed E-state index contributed by atoms with van der Waals surface area (Å²) in [6, 6.07) is 0. The van der Waals surface area contributed by atoms with E-state index in [0.29, 0.717) is 11.7 Å². The van der Waals surface area contributed by atoms with Crippen LogP contribution < -0.4 is 4.74 Å². The van der Waals surface area contributed by atoms with Gasteiger partial charge in [0.25, 0.3) is 0 Å². The zero-order valence-corrected chi connectivity index (χ0v) is 16.2. The van der Waals surface area contributed by atoms with Gasteiger partial charge in [-0.3, -0.25) is 4.79 Å². The van der Waals surface area contributed by atoms with E-state index in [1.54, 1.807) is 12.4 Å². The molecular weight excluding hydrogens is 312 g/mol. The van der Waals surface area contributed by atoms with Gasteiger partial charge < -0.3 is 4.74 Å². The molecular formula is C21H34N2O2. The second-order valence-electron chi connectivity index (χ2n) is 7.76. The zero-order valence-electron chi connectivity index (χ0n) is 16.2. The van der Waals surface area contributed by atoms with Gasteiger partial charge in [-0.2, -0.15) is 0 Å². The molecule has 0 aromatic carbocycles. The van der Waals surface area contributed by atoms with Crippen molar-refractivity contribution in [2.24, 2.45) is 11.8 Å². The summed E-state index contributed by atoms with van der Waals surface area (Å²) in [7, 11) is 0. The summed E-state index contributed by atoms with van der Waals surface area (Å²) in [4.78, 5) is 21.1. The highest BCUT2D eigenvalue weighted by Crippen LogP contribution is 2.29. The fourth-order valence-electron chi connectivity index (χ4n) is 3.51. The molecule has 0 bridgehead atoms. The summed E-state index contributed by atoms with van der Waals surface area (Å²) >= 11 is 0. The molecule has 1 aromatic heterocycles. The molecule has 1 aliphatic rings. The Labute approximate surface area is 152 Å². The van der Waals surface area contributed by atoms with Gasteiger partial charge in [0, 0.05) is 5.92 Å². The van der Waals surface area contributed by atoms with E-state index < -0.39 is 0 Å². The number of nitrogens with zero attached hydrogens (tertiary/aromatic N) is 2. The molecule has 0 spiro atoms. The number of esters is 1. The van der Waals surface area contributed by atoms with Gasteiger partial charge in [-0.25, -0.2) is 9.97 Å². The number of carbonyl (C=O) groups is 1. The van der Waals surface area contributed by atoms with Crippen molar-refractivity contribution in [1.82, 2.24) is 9.97 Å². The van der Waals surface area contributed by atoms with Crippen LogP contribution in [0.5, 0.6) is 5.75 Å². The number of carbonyl (C=O) groups excluding carboxylic acids is 1. The van der Waals surface area contributed by atoms with E-state index in [1.807, 2.05) is 0 Å². The lowest BCUT2D eigenvalue weighted by Gasteiger charge is -2.24. The van der Waals surface area contributed by atoms with Gasteiger partial charge in [0.2, 0.25) is 0 Å². The van der Waals surface area contributed by atoms with E-state index in [4.69, 9.17) is 4.74 Å². The quantitative estimate of drug-likeness (QED) is 0.427. The summed E-state index contributed by atoms with van der Waals surface area (Å²) in [6.45, 7) is 6.66. The number of hydrogen-bond acceptors (Lipinski definition) is 4. The summed E-state index contributed by atoms with van der Waals surface area (Å²) in [5, 5.41) is 0. The van der Waals surface area contributed by atoms with Gasteiger partial charge in [0.05, 0.1) is 18.3 Å². The van der Waals surface area contributed by atoms with Crippen molar-refractivity contribution >= 4 is 5.97 Å². The van der Waals surface area contributed by atoms with Crippen LogP contribution in [0.1, 0.15) is 96.7 Å². The largest absolute Gasteiger partial charge is 0.423 e. The smallest absolute Gasteiger partial charge is 0.314 e. The monoisotopic (exact) mass is 346 g/mol. The topological polar surface area (TPSA) is 52.1 Å². The molecule has 1 fully saturated rings. The van der Waals surface area contributed by atoms with Crippen molar-refractivity contribution in [2.75, 3.05) is 0 Å². The Bertz CT molecular complexity index is 507.